The Hall–Kier alpha value is -1.76. The second-order valence-corrected chi connectivity index (χ2v) is 6.46. The van der Waals surface area contributed by atoms with Crippen LogP contribution in [0.4, 0.5) is 11.4 Å². The highest BCUT2D eigenvalue weighted by atomic mass is 35.5. The van der Waals surface area contributed by atoms with Crippen molar-refractivity contribution in [2.75, 3.05) is 17.1 Å². The van der Waals surface area contributed by atoms with Gasteiger partial charge in [0.2, 0.25) is 0 Å². The van der Waals surface area contributed by atoms with Crippen molar-refractivity contribution in [2.24, 2.45) is 0 Å². The van der Waals surface area contributed by atoms with E-state index in [2.05, 4.69) is 4.72 Å². The Balaban J connectivity index is 2.29. The van der Waals surface area contributed by atoms with Gasteiger partial charge in [-0.05, 0) is 36.2 Å². The van der Waals surface area contributed by atoms with E-state index in [1.165, 1.54) is 12.1 Å². The van der Waals surface area contributed by atoms with Gasteiger partial charge in [-0.1, -0.05) is 29.8 Å². The average molecular weight is 327 g/mol. The Morgan fingerprint density at radius 1 is 1.14 bits per heavy atom. The highest BCUT2D eigenvalue weighted by molar-refractivity contribution is 7.93. The first-order valence-corrected chi connectivity index (χ1v) is 8.07. The highest BCUT2D eigenvalue weighted by Gasteiger charge is 2.21. The second kappa shape index (κ2) is 6.34. The minimum absolute atomic E-state index is 0.0429. The fourth-order valence-corrected chi connectivity index (χ4v) is 3.62. The first-order valence-electron chi connectivity index (χ1n) is 6.20. The van der Waals surface area contributed by atoms with Gasteiger partial charge in [0.25, 0.3) is 10.0 Å². The molecule has 0 unspecified atom stereocenters. The van der Waals surface area contributed by atoms with Crippen LogP contribution in [-0.2, 0) is 16.4 Å². The van der Waals surface area contributed by atoms with Crippen molar-refractivity contribution in [2.45, 2.75) is 11.3 Å². The van der Waals surface area contributed by atoms with Gasteiger partial charge in [0.05, 0.1) is 10.7 Å². The largest absolute Gasteiger partial charge is 0.398 e. The number of nitrogens with two attached hydrogens (primary N) is 1. The van der Waals surface area contributed by atoms with Crippen molar-refractivity contribution < 1.29 is 13.5 Å². The van der Waals surface area contributed by atoms with Crippen molar-refractivity contribution in [1.82, 2.24) is 0 Å². The lowest BCUT2D eigenvalue weighted by atomic mass is 10.1. The molecule has 0 aliphatic carbocycles. The highest BCUT2D eigenvalue weighted by Crippen LogP contribution is 2.28. The predicted molar refractivity (Wildman–Crippen MR) is 83.9 cm³/mol. The number of anilines is 2. The van der Waals surface area contributed by atoms with Gasteiger partial charge in [0.15, 0.2) is 0 Å². The van der Waals surface area contributed by atoms with Gasteiger partial charge < -0.3 is 10.8 Å². The van der Waals surface area contributed by atoms with Crippen LogP contribution in [-0.4, -0.2) is 20.1 Å². The SMILES string of the molecule is Nc1cccc(Cl)c1S(=O)(=O)Nc1ccc(CCO)cc1. The molecule has 0 saturated heterocycles. The van der Waals surface area contributed by atoms with Gasteiger partial charge in [0.1, 0.15) is 4.90 Å². The summed E-state index contributed by atoms with van der Waals surface area (Å²) in [6.07, 6.45) is 0.518. The second-order valence-electron chi connectivity index (χ2n) is 4.43. The summed E-state index contributed by atoms with van der Waals surface area (Å²) in [7, 11) is -3.86. The van der Waals surface area contributed by atoms with Gasteiger partial charge in [-0.25, -0.2) is 8.42 Å². The summed E-state index contributed by atoms with van der Waals surface area (Å²) in [6.45, 7) is 0.0429. The molecule has 5 nitrogen and oxygen atoms in total. The van der Waals surface area contributed by atoms with Crippen LogP contribution < -0.4 is 10.5 Å². The van der Waals surface area contributed by atoms with Crippen LogP contribution in [0.2, 0.25) is 5.02 Å². The Bertz CT molecular complexity index is 710. The molecule has 0 spiro atoms. The third kappa shape index (κ3) is 3.66. The first-order chi connectivity index (χ1) is 9.94. The van der Waals surface area contributed by atoms with E-state index in [9.17, 15) is 8.42 Å². The molecular formula is C14H15ClN2O3S. The van der Waals surface area contributed by atoms with Gasteiger partial charge in [-0.15, -0.1) is 0 Å². The van der Waals surface area contributed by atoms with Crippen LogP contribution in [0.15, 0.2) is 47.4 Å². The molecule has 0 radical (unpaired) electrons. The van der Waals surface area contributed by atoms with Gasteiger partial charge >= 0.3 is 0 Å². The normalized spacial score (nSPS) is 11.3. The van der Waals surface area contributed by atoms with Crippen LogP contribution in [0.3, 0.4) is 0 Å². The predicted octanol–water partition coefficient (Wildman–Crippen LogP) is 2.26. The van der Waals surface area contributed by atoms with Crippen LogP contribution in [0, 0.1) is 0 Å². The van der Waals surface area contributed by atoms with Crippen molar-refractivity contribution in [3.8, 4) is 0 Å². The molecule has 0 amide bonds. The summed E-state index contributed by atoms with van der Waals surface area (Å²) in [5.74, 6) is 0. The number of aliphatic hydroxyl groups excluding tert-OH is 1. The number of hydrogen-bond acceptors (Lipinski definition) is 4. The lowest BCUT2D eigenvalue weighted by molar-refractivity contribution is 0.299. The lowest BCUT2D eigenvalue weighted by Gasteiger charge is -2.12. The third-order valence-electron chi connectivity index (χ3n) is 2.87. The zero-order valence-corrected chi connectivity index (χ0v) is 12.7. The van der Waals surface area contributed by atoms with Crippen molar-refractivity contribution in [1.29, 1.82) is 0 Å². The van der Waals surface area contributed by atoms with Gasteiger partial charge in [-0.2, -0.15) is 0 Å². The molecule has 4 N–H and O–H groups in total. The summed E-state index contributed by atoms with van der Waals surface area (Å²) in [4.78, 5) is -0.133. The topological polar surface area (TPSA) is 92.4 Å². The number of halogens is 1. The fourth-order valence-electron chi connectivity index (χ4n) is 1.88. The van der Waals surface area contributed by atoms with E-state index in [-0.39, 0.29) is 22.2 Å². The van der Waals surface area contributed by atoms with Gasteiger partial charge in [-0.3, -0.25) is 4.72 Å². The molecule has 2 rings (SSSR count). The number of nitrogens with one attached hydrogen (secondary N) is 1. The summed E-state index contributed by atoms with van der Waals surface area (Å²) >= 11 is 5.92. The summed E-state index contributed by atoms with van der Waals surface area (Å²) < 4.78 is 27.1. The molecule has 2 aromatic rings. The molecule has 0 fully saturated rings. The molecule has 7 heteroatoms. The summed E-state index contributed by atoms with van der Waals surface area (Å²) in [5.41, 5.74) is 7.10. The van der Waals surface area contributed by atoms with Crippen LogP contribution in [0.1, 0.15) is 5.56 Å². The number of nitrogen functional groups attached to an aromatic ring is 1. The number of hydrogen-bond donors (Lipinski definition) is 3. The maximum Gasteiger partial charge on any atom is 0.265 e. The Morgan fingerprint density at radius 3 is 2.38 bits per heavy atom. The fraction of sp³-hybridized carbons (Fsp3) is 0.143. The van der Waals surface area contributed by atoms with Crippen LogP contribution in [0.25, 0.3) is 0 Å². The Kier molecular flexibility index (Phi) is 4.72. The lowest BCUT2D eigenvalue weighted by Crippen LogP contribution is -2.15. The van der Waals surface area contributed by atoms with E-state index in [0.29, 0.717) is 12.1 Å². The van der Waals surface area contributed by atoms with E-state index >= 15 is 0 Å². The summed E-state index contributed by atoms with van der Waals surface area (Å²) in [6, 6.07) is 11.3. The average Bonchev–Trinajstić information content (AvgIpc) is 2.40. The van der Waals surface area contributed by atoms with Crippen molar-refractivity contribution in [3.63, 3.8) is 0 Å². The molecule has 0 aromatic heterocycles. The molecule has 0 aliphatic rings. The van der Waals surface area contributed by atoms with E-state index in [1.807, 2.05) is 0 Å². The molecule has 0 atom stereocenters. The smallest absolute Gasteiger partial charge is 0.265 e. The number of rotatable bonds is 5. The molecular weight excluding hydrogens is 312 g/mol. The van der Waals surface area contributed by atoms with Crippen LogP contribution in [0.5, 0.6) is 0 Å². The molecule has 21 heavy (non-hydrogen) atoms. The number of benzene rings is 2. The molecule has 0 heterocycles. The Labute approximate surface area is 128 Å². The minimum Gasteiger partial charge on any atom is -0.398 e. The third-order valence-corrected chi connectivity index (χ3v) is 4.80. The van der Waals surface area contributed by atoms with E-state index in [0.717, 1.165) is 5.56 Å². The maximum atomic E-state index is 12.3. The van der Waals surface area contributed by atoms with Crippen LogP contribution >= 0.6 is 11.6 Å². The molecule has 0 saturated carbocycles. The zero-order valence-electron chi connectivity index (χ0n) is 11.1. The molecule has 0 aliphatic heterocycles. The quantitative estimate of drug-likeness (QED) is 0.735. The van der Waals surface area contributed by atoms with Gasteiger partial charge in [0, 0.05) is 12.3 Å². The zero-order chi connectivity index (χ0) is 15.5. The summed E-state index contributed by atoms with van der Waals surface area (Å²) in [5, 5.41) is 8.91. The first kappa shape index (κ1) is 15.6. The maximum absolute atomic E-state index is 12.3. The molecule has 0 bridgehead atoms. The van der Waals surface area contributed by atoms with E-state index in [4.69, 9.17) is 22.4 Å². The Morgan fingerprint density at radius 2 is 1.81 bits per heavy atom. The number of sulfonamides is 1. The number of aliphatic hydroxyl groups is 1. The van der Waals surface area contributed by atoms with Crippen molar-refractivity contribution >= 4 is 33.0 Å². The standard InChI is InChI=1S/C14H15ClN2O3S/c15-12-2-1-3-13(16)14(12)21(19,20)17-11-6-4-10(5-7-11)8-9-18/h1-7,17-18H,8-9,16H2. The van der Waals surface area contributed by atoms with Crippen molar-refractivity contribution in [3.05, 3.63) is 53.1 Å². The molecule has 112 valence electrons. The minimum atomic E-state index is -3.86. The van der Waals surface area contributed by atoms with E-state index in [1.54, 1.807) is 30.3 Å². The van der Waals surface area contributed by atoms with E-state index < -0.39 is 10.0 Å². The monoisotopic (exact) mass is 326 g/mol. The molecule has 2 aromatic carbocycles.